The maximum Gasteiger partial charge on any atom is 0.220 e. The van der Waals surface area contributed by atoms with Gasteiger partial charge in [0.25, 0.3) is 0 Å². The SMILES string of the molecule is Cc1ccc(CNC(=O)CCC[C@@H]2[C@H]3CCCN4CCC[C@@H](CN2Cc2cccnc2)[C@@H]34)o1. The number of nitrogens with zero attached hydrogens (tertiary/aromatic N) is 3. The molecule has 1 amide bonds. The summed E-state index contributed by atoms with van der Waals surface area (Å²) in [4.78, 5) is 22.4. The van der Waals surface area contributed by atoms with Gasteiger partial charge in [0, 0.05) is 44.0 Å². The molecule has 4 atom stereocenters. The molecule has 0 spiro atoms. The lowest BCUT2D eigenvalue weighted by atomic mass is 9.69. The highest BCUT2D eigenvalue weighted by atomic mass is 16.3. The highest BCUT2D eigenvalue weighted by molar-refractivity contribution is 5.75. The first-order chi connectivity index (χ1) is 16.2. The number of carbonyl (C=O) groups excluding carboxylic acids is 1. The Kier molecular flexibility index (Phi) is 7.12. The maximum atomic E-state index is 12.5. The second-order valence-electron chi connectivity index (χ2n) is 10.3. The van der Waals surface area contributed by atoms with Crippen LogP contribution < -0.4 is 5.32 Å². The molecule has 6 nitrogen and oxygen atoms in total. The van der Waals surface area contributed by atoms with Crippen molar-refractivity contribution >= 4 is 5.91 Å². The Morgan fingerprint density at radius 1 is 1.21 bits per heavy atom. The summed E-state index contributed by atoms with van der Waals surface area (Å²) < 4.78 is 5.57. The van der Waals surface area contributed by atoms with Gasteiger partial charge in [-0.25, -0.2) is 0 Å². The van der Waals surface area contributed by atoms with E-state index >= 15 is 0 Å². The van der Waals surface area contributed by atoms with E-state index in [1.807, 2.05) is 37.5 Å². The summed E-state index contributed by atoms with van der Waals surface area (Å²) in [6.45, 7) is 7.12. The van der Waals surface area contributed by atoms with E-state index in [1.165, 1.54) is 50.9 Å². The van der Waals surface area contributed by atoms with E-state index in [-0.39, 0.29) is 5.91 Å². The van der Waals surface area contributed by atoms with Crippen LogP contribution in [0.5, 0.6) is 0 Å². The lowest BCUT2D eigenvalue weighted by molar-refractivity contribution is -0.121. The van der Waals surface area contributed by atoms with Crippen molar-refractivity contribution in [1.29, 1.82) is 0 Å². The number of aryl methyl sites for hydroxylation is 1. The molecule has 0 aliphatic carbocycles. The van der Waals surface area contributed by atoms with Crippen LogP contribution >= 0.6 is 0 Å². The molecule has 0 unspecified atom stereocenters. The van der Waals surface area contributed by atoms with E-state index in [1.54, 1.807) is 0 Å². The maximum absolute atomic E-state index is 12.5. The van der Waals surface area contributed by atoms with Crippen molar-refractivity contribution in [3.05, 3.63) is 53.7 Å². The van der Waals surface area contributed by atoms with Gasteiger partial charge < -0.3 is 9.73 Å². The number of hydrogen-bond acceptors (Lipinski definition) is 5. The van der Waals surface area contributed by atoms with E-state index in [0.29, 0.717) is 19.0 Å². The highest BCUT2D eigenvalue weighted by Gasteiger charge is 2.48. The molecule has 3 aliphatic heterocycles. The number of rotatable bonds is 8. The van der Waals surface area contributed by atoms with Crippen molar-refractivity contribution < 1.29 is 9.21 Å². The van der Waals surface area contributed by atoms with Gasteiger partial charge in [-0.1, -0.05) is 6.07 Å². The first-order valence-corrected chi connectivity index (χ1v) is 12.9. The molecule has 0 aromatic carbocycles. The molecule has 0 radical (unpaired) electrons. The van der Waals surface area contributed by atoms with Crippen molar-refractivity contribution in [2.45, 2.75) is 77.0 Å². The number of hydrogen-bond donors (Lipinski definition) is 1. The lowest BCUT2D eigenvalue weighted by Gasteiger charge is -2.57. The van der Waals surface area contributed by atoms with Crippen LogP contribution in [-0.2, 0) is 17.9 Å². The van der Waals surface area contributed by atoms with Gasteiger partial charge in [-0.05, 0) is 94.1 Å². The fourth-order valence-electron chi connectivity index (χ4n) is 6.71. The second kappa shape index (κ2) is 10.4. The van der Waals surface area contributed by atoms with Crippen LogP contribution in [0.3, 0.4) is 0 Å². The molecule has 5 rings (SSSR count). The summed E-state index contributed by atoms with van der Waals surface area (Å²) in [5, 5.41) is 3.03. The molecule has 2 aromatic rings. The van der Waals surface area contributed by atoms with Crippen LogP contribution in [0.15, 0.2) is 41.1 Å². The van der Waals surface area contributed by atoms with Gasteiger partial charge >= 0.3 is 0 Å². The number of nitrogens with one attached hydrogen (secondary N) is 1. The number of piperidine rings is 3. The van der Waals surface area contributed by atoms with Crippen molar-refractivity contribution in [3.8, 4) is 0 Å². The minimum absolute atomic E-state index is 0.125. The predicted octanol–water partition coefficient (Wildman–Crippen LogP) is 4.14. The van der Waals surface area contributed by atoms with Crippen LogP contribution in [0.1, 0.15) is 62.0 Å². The number of pyridine rings is 1. The third kappa shape index (κ3) is 5.33. The first-order valence-electron chi connectivity index (χ1n) is 12.9. The monoisotopic (exact) mass is 450 g/mol. The Morgan fingerprint density at radius 2 is 2.09 bits per heavy atom. The Hall–Kier alpha value is -2.18. The Labute approximate surface area is 197 Å². The molecule has 0 saturated carbocycles. The molecular weight excluding hydrogens is 412 g/mol. The lowest BCUT2D eigenvalue weighted by Crippen LogP contribution is -2.64. The minimum Gasteiger partial charge on any atom is -0.465 e. The van der Waals surface area contributed by atoms with Gasteiger partial charge in [0.2, 0.25) is 5.91 Å². The van der Waals surface area contributed by atoms with E-state index in [0.717, 1.165) is 48.8 Å². The molecule has 0 bridgehead atoms. The molecule has 1 N–H and O–H groups in total. The summed E-state index contributed by atoms with van der Waals surface area (Å²) in [7, 11) is 0. The fraction of sp³-hybridized carbons (Fsp3) is 0.630. The number of amides is 1. The number of aromatic nitrogens is 1. The molecule has 6 heteroatoms. The zero-order valence-corrected chi connectivity index (χ0v) is 19.9. The first kappa shape index (κ1) is 22.6. The zero-order valence-electron chi connectivity index (χ0n) is 19.9. The number of carbonyl (C=O) groups is 1. The van der Waals surface area contributed by atoms with E-state index in [9.17, 15) is 4.79 Å². The molecule has 3 saturated heterocycles. The average molecular weight is 451 g/mol. The third-order valence-electron chi connectivity index (χ3n) is 8.05. The normalized spacial score (nSPS) is 27.8. The summed E-state index contributed by atoms with van der Waals surface area (Å²) in [6, 6.07) is 9.42. The number of furan rings is 1. The van der Waals surface area contributed by atoms with Gasteiger partial charge in [0.05, 0.1) is 6.54 Å². The Balaban J connectivity index is 1.22. The largest absolute Gasteiger partial charge is 0.465 e. The number of likely N-dealkylation sites (tertiary alicyclic amines) is 1. The van der Waals surface area contributed by atoms with Crippen molar-refractivity contribution in [2.24, 2.45) is 11.8 Å². The predicted molar refractivity (Wildman–Crippen MR) is 128 cm³/mol. The molecular formula is C27H38N4O2. The van der Waals surface area contributed by atoms with Crippen LogP contribution in [0.25, 0.3) is 0 Å². The average Bonchev–Trinajstić information content (AvgIpc) is 3.25. The van der Waals surface area contributed by atoms with Crippen LogP contribution in [-0.4, -0.2) is 52.4 Å². The van der Waals surface area contributed by atoms with E-state index in [2.05, 4.69) is 26.2 Å². The quantitative estimate of drug-likeness (QED) is 0.655. The smallest absolute Gasteiger partial charge is 0.220 e. The Bertz CT molecular complexity index is 912. The van der Waals surface area contributed by atoms with Gasteiger partial charge in [-0.2, -0.15) is 0 Å². The van der Waals surface area contributed by atoms with Crippen molar-refractivity contribution in [3.63, 3.8) is 0 Å². The van der Waals surface area contributed by atoms with Crippen molar-refractivity contribution in [1.82, 2.24) is 20.1 Å². The summed E-state index contributed by atoms with van der Waals surface area (Å²) in [5.41, 5.74) is 1.30. The molecule has 33 heavy (non-hydrogen) atoms. The third-order valence-corrected chi connectivity index (χ3v) is 8.05. The van der Waals surface area contributed by atoms with Gasteiger partial charge in [-0.15, -0.1) is 0 Å². The van der Waals surface area contributed by atoms with Crippen molar-refractivity contribution in [2.75, 3.05) is 19.6 Å². The van der Waals surface area contributed by atoms with Crippen LogP contribution in [0, 0.1) is 18.8 Å². The van der Waals surface area contributed by atoms with Crippen LogP contribution in [0.2, 0.25) is 0 Å². The molecule has 2 aromatic heterocycles. The topological polar surface area (TPSA) is 61.6 Å². The summed E-state index contributed by atoms with van der Waals surface area (Å²) >= 11 is 0. The van der Waals surface area contributed by atoms with Gasteiger partial charge in [0.1, 0.15) is 11.5 Å². The second-order valence-corrected chi connectivity index (χ2v) is 10.3. The molecule has 178 valence electrons. The molecule has 3 fully saturated rings. The van der Waals surface area contributed by atoms with E-state index < -0.39 is 0 Å². The molecule has 5 heterocycles. The van der Waals surface area contributed by atoms with Crippen LogP contribution in [0.4, 0.5) is 0 Å². The zero-order chi connectivity index (χ0) is 22.6. The fourth-order valence-corrected chi connectivity index (χ4v) is 6.71. The Morgan fingerprint density at radius 3 is 2.88 bits per heavy atom. The van der Waals surface area contributed by atoms with Gasteiger partial charge in [0.15, 0.2) is 0 Å². The summed E-state index contributed by atoms with van der Waals surface area (Å²) in [5.74, 6) is 3.34. The minimum atomic E-state index is 0.125. The summed E-state index contributed by atoms with van der Waals surface area (Å²) in [6.07, 6.45) is 11.8. The highest BCUT2D eigenvalue weighted by Crippen LogP contribution is 2.43. The van der Waals surface area contributed by atoms with Gasteiger partial charge in [-0.3, -0.25) is 19.6 Å². The van der Waals surface area contributed by atoms with E-state index in [4.69, 9.17) is 4.42 Å². The standard InChI is InChI=1S/C27H38N4O2/c1-20-11-12-23(33-20)17-29-26(32)10-2-9-25-24-8-5-15-30-14-4-7-22(27(24)30)19-31(25)18-21-6-3-13-28-16-21/h3,6,11-13,16,22,24-25,27H,2,4-5,7-10,14-15,17-19H2,1H3,(H,29,32)/t22-,24+,25+,27-/m0/s1. The molecule has 3 aliphatic rings.